The third-order valence-corrected chi connectivity index (χ3v) is 4.71. The minimum Gasteiger partial charge on any atom is -0.456 e. The van der Waals surface area contributed by atoms with Crippen molar-refractivity contribution in [2.75, 3.05) is 0 Å². The lowest BCUT2D eigenvalue weighted by Crippen LogP contribution is -2.03. The van der Waals surface area contributed by atoms with Gasteiger partial charge in [-0.15, -0.1) is 0 Å². The Morgan fingerprint density at radius 3 is 2.67 bits per heavy atom. The Morgan fingerprint density at radius 2 is 1.83 bits per heavy atom. The standard InChI is InChI=1S/C13H9ClO3S/c14-10-5-6-13-12(7-10)17-11-4-2-1-3-9(11)8-18(13,15)16/h1-7H,8H2. The fraction of sp³-hybridized carbons (Fsp3) is 0.0769. The van der Waals surface area contributed by atoms with E-state index in [4.69, 9.17) is 16.3 Å². The van der Waals surface area contributed by atoms with Crippen LogP contribution < -0.4 is 4.74 Å². The monoisotopic (exact) mass is 280 g/mol. The molecule has 0 unspecified atom stereocenters. The molecular formula is C13H9ClO3S. The topological polar surface area (TPSA) is 43.4 Å². The molecule has 0 aliphatic carbocycles. The van der Waals surface area contributed by atoms with Gasteiger partial charge in [-0.1, -0.05) is 29.8 Å². The first kappa shape index (κ1) is 11.6. The molecule has 0 spiro atoms. The second-order valence-electron chi connectivity index (χ2n) is 4.06. The van der Waals surface area contributed by atoms with E-state index in [-0.39, 0.29) is 16.4 Å². The average Bonchev–Trinajstić information content (AvgIpc) is 2.41. The second-order valence-corrected chi connectivity index (χ2v) is 6.45. The predicted molar refractivity (Wildman–Crippen MR) is 68.9 cm³/mol. The summed E-state index contributed by atoms with van der Waals surface area (Å²) in [6, 6.07) is 11.7. The van der Waals surface area contributed by atoms with Crippen LogP contribution in [0.2, 0.25) is 5.02 Å². The SMILES string of the molecule is O=S1(=O)Cc2ccccc2Oc2cc(Cl)ccc21. The van der Waals surface area contributed by atoms with Gasteiger partial charge in [-0.3, -0.25) is 0 Å². The van der Waals surface area contributed by atoms with Gasteiger partial charge in [-0.2, -0.15) is 0 Å². The highest BCUT2D eigenvalue weighted by atomic mass is 35.5. The molecule has 18 heavy (non-hydrogen) atoms. The Bertz CT molecular complexity index is 723. The normalized spacial score (nSPS) is 16.1. The molecule has 0 bridgehead atoms. The summed E-state index contributed by atoms with van der Waals surface area (Å²) < 4.78 is 30.1. The first-order chi connectivity index (χ1) is 8.56. The molecule has 5 heteroatoms. The summed E-state index contributed by atoms with van der Waals surface area (Å²) in [5.74, 6) is 0.784. The molecule has 0 fully saturated rings. The third-order valence-electron chi connectivity index (χ3n) is 2.78. The van der Waals surface area contributed by atoms with Gasteiger partial charge in [0.25, 0.3) is 0 Å². The van der Waals surface area contributed by atoms with Crippen molar-refractivity contribution >= 4 is 21.4 Å². The van der Waals surface area contributed by atoms with Crippen LogP contribution in [0.1, 0.15) is 5.56 Å². The van der Waals surface area contributed by atoms with Crippen molar-refractivity contribution in [3.8, 4) is 11.5 Å². The molecule has 2 aromatic rings. The van der Waals surface area contributed by atoms with Gasteiger partial charge < -0.3 is 4.74 Å². The molecule has 1 aliphatic rings. The van der Waals surface area contributed by atoms with Crippen molar-refractivity contribution in [2.45, 2.75) is 10.6 Å². The van der Waals surface area contributed by atoms with E-state index in [9.17, 15) is 8.42 Å². The van der Waals surface area contributed by atoms with Crippen LogP contribution in [0.4, 0.5) is 0 Å². The van der Waals surface area contributed by atoms with Crippen molar-refractivity contribution in [3.63, 3.8) is 0 Å². The number of ether oxygens (including phenoxy) is 1. The molecule has 0 amide bonds. The van der Waals surface area contributed by atoms with Crippen LogP contribution in [0.5, 0.6) is 11.5 Å². The summed E-state index contributed by atoms with van der Waals surface area (Å²) in [7, 11) is -3.39. The number of sulfone groups is 1. The van der Waals surface area contributed by atoms with Crippen LogP contribution in [0.3, 0.4) is 0 Å². The lowest BCUT2D eigenvalue weighted by Gasteiger charge is -2.07. The van der Waals surface area contributed by atoms with Gasteiger partial charge in [-0.25, -0.2) is 8.42 Å². The average molecular weight is 281 g/mol. The van der Waals surface area contributed by atoms with E-state index in [1.54, 1.807) is 30.3 Å². The minimum absolute atomic E-state index is 0.0577. The van der Waals surface area contributed by atoms with Gasteiger partial charge in [0.2, 0.25) is 0 Å². The maximum absolute atomic E-state index is 12.2. The van der Waals surface area contributed by atoms with Crippen LogP contribution in [0.25, 0.3) is 0 Å². The summed E-state index contributed by atoms with van der Waals surface area (Å²) >= 11 is 5.88. The zero-order valence-electron chi connectivity index (χ0n) is 9.26. The molecule has 0 N–H and O–H groups in total. The van der Waals surface area contributed by atoms with Crippen LogP contribution in [0, 0.1) is 0 Å². The smallest absolute Gasteiger partial charge is 0.186 e. The number of halogens is 1. The van der Waals surface area contributed by atoms with E-state index in [2.05, 4.69) is 0 Å². The molecule has 0 radical (unpaired) electrons. The lowest BCUT2D eigenvalue weighted by molar-refractivity contribution is 0.468. The summed E-state index contributed by atoms with van der Waals surface area (Å²) in [5.41, 5.74) is 0.657. The maximum atomic E-state index is 12.2. The van der Waals surface area contributed by atoms with E-state index in [0.29, 0.717) is 16.3 Å². The predicted octanol–water partition coefficient (Wildman–Crippen LogP) is 3.42. The van der Waals surface area contributed by atoms with Gasteiger partial charge in [0.05, 0.1) is 5.75 Å². The van der Waals surface area contributed by atoms with Crippen molar-refractivity contribution in [3.05, 3.63) is 53.1 Å². The molecule has 92 valence electrons. The largest absolute Gasteiger partial charge is 0.456 e. The number of para-hydroxylation sites is 1. The fourth-order valence-corrected chi connectivity index (χ4v) is 3.59. The lowest BCUT2D eigenvalue weighted by atomic mass is 10.2. The van der Waals surface area contributed by atoms with Gasteiger partial charge in [0.1, 0.15) is 16.4 Å². The minimum atomic E-state index is -3.39. The molecule has 0 saturated heterocycles. The summed E-state index contributed by atoms with van der Waals surface area (Å²) in [5, 5.41) is 0.448. The highest BCUT2D eigenvalue weighted by molar-refractivity contribution is 7.90. The van der Waals surface area contributed by atoms with Crippen molar-refractivity contribution in [1.82, 2.24) is 0 Å². The quantitative estimate of drug-likeness (QED) is 0.743. The van der Waals surface area contributed by atoms with Crippen LogP contribution in [0.15, 0.2) is 47.4 Å². The molecule has 1 aliphatic heterocycles. The van der Waals surface area contributed by atoms with E-state index in [1.165, 1.54) is 12.1 Å². The number of benzene rings is 2. The zero-order valence-corrected chi connectivity index (χ0v) is 10.8. The Balaban J connectivity index is 2.28. The van der Waals surface area contributed by atoms with E-state index in [0.717, 1.165) is 0 Å². The first-order valence-electron chi connectivity index (χ1n) is 5.34. The molecule has 0 aromatic heterocycles. The van der Waals surface area contributed by atoms with Crippen LogP contribution in [-0.2, 0) is 15.6 Å². The van der Waals surface area contributed by atoms with Crippen molar-refractivity contribution in [2.24, 2.45) is 0 Å². The molecule has 0 atom stereocenters. The molecule has 3 nitrogen and oxygen atoms in total. The Labute approximate surface area is 110 Å². The summed E-state index contributed by atoms with van der Waals surface area (Å²) in [4.78, 5) is 0.183. The highest BCUT2D eigenvalue weighted by Gasteiger charge is 2.26. The van der Waals surface area contributed by atoms with Crippen LogP contribution >= 0.6 is 11.6 Å². The zero-order chi connectivity index (χ0) is 12.8. The van der Waals surface area contributed by atoms with Gasteiger partial charge in [-0.05, 0) is 18.2 Å². The van der Waals surface area contributed by atoms with E-state index in [1.807, 2.05) is 0 Å². The summed E-state index contributed by atoms with van der Waals surface area (Å²) in [6.07, 6.45) is 0. The third kappa shape index (κ3) is 1.87. The van der Waals surface area contributed by atoms with Gasteiger partial charge in [0.15, 0.2) is 9.84 Å². The van der Waals surface area contributed by atoms with E-state index < -0.39 is 9.84 Å². The maximum Gasteiger partial charge on any atom is 0.186 e. The van der Waals surface area contributed by atoms with E-state index >= 15 is 0 Å². The molecule has 1 heterocycles. The summed E-state index contributed by atoms with van der Waals surface area (Å²) in [6.45, 7) is 0. The van der Waals surface area contributed by atoms with Crippen molar-refractivity contribution < 1.29 is 13.2 Å². The first-order valence-corrected chi connectivity index (χ1v) is 7.37. The van der Waals surface area contributed by atoms with Crippen molar-refractivity contribution in [1.29, 1.82) is 0 Å². The molecular weight excluding hydrogens is 272 g/mol. The number of fused-ring (bicyclic) bond motifs is 2. The molecule has 2 aromatic carbocycles. The second kappa shape index (κ2) is 4.00. The Morgan fingerprint density at radius 1 is 1.06 bits per heavy atom. The van der Waals surface area contributed by atoms with Gasteiger partial charge in [0, 0.05) is 16.7 Å². The van der Waals surface area contributed by atoms with Gasteiger partial charge >= 0.3 is 0 Å². The molecule has 0 saturated carbocycles. The number of hydrogen-bond acceptors (Lipinski definition) is 3. The van der Waals surface area contributed by atoms with Crippen LogP contribution in [-0.4, -0.2) is 8.42 Å². The Kier molecular flexibility index (Phi) is 2.57. The highest BCUT2D eigenvalue weighted by Crippen LogP contribution is 2.38. The number of hydrogen-bond donors (Lipinski definition) is 0. The Hall–Kier alpha value is -1.52. The fourth-order valence-electron chi connectivity index (χ4n) is 1.94. The molecule has 3 rings (SSSR count). The number of rotatable bonds is 0.